The molecule has 168 valence electrons. The molecule has 1 aliphatic rings. The van der Waals surface area contributed by atoms with E-state index in [2.05, 4.69) is 105 Å². The summed E-state index contributed by atoms with van der Waals surface area (Å²) in [6.45, 7) is 20.3. The highest BCUT2D eigenvalue weighted by Crippen LogP contribution is 2.55. The Balaban J connectivity index is 2.50. The molecule has 0 saturated carbocycles. The van der Waals surface area contributed by atoms with Gasteiger partial charge in [-0.1, -0.05) is 84.0 Å². The van der Waals surface area contributed by atoms with Gasteiger partial charge in [-0.25, -0.2) is 0 Å². The molecule has 0 aromatic heterocycles. The molecule has 0 spiro atoms. The molecule has 0 radical (unpaired) electrons. The third-order valence-electron chi connectivity index (χ3n) is 7.41. The number of benzene rings is 2. The maximum atomic E-state index is 13.9. The molecule has 0 bridgehead atoms. The summed E-state index contributed by atoms with van der Waals surface area (Å²) in [6, 6.07) is 15.0. The Morgan fingerprint density at radius 1 is 0.839 bits per heavy atom. The van der Waals surface area contributed by atoms with Crippen LogP contribution in [0.5, 0.6) is 0 Å². The van der Waals surface area contributed by atoms with Gasteiger partial charge in [0.15, 0.2) is 5.78 Å². The fourth-order valence-corrected chi connectivity index (χ4v) is 13.8. The zero-order chi connectivity index (χ0) is 23.1. The summed E-state index contributed by atoms with van der Waals surface area (Å²) >= 11 is 0. The van der Waals surface area contributed by atoms with Crippen LogP contribution >= 0.6 is 0 Å². The monoisotopic (exact) mass is 436 g/mol. The molecule has 1 atom stereocenters. The summed E-state index contributed by atoms with van der Waals surface area (Å²) < 4.78 is 6.59. The van der Waals surface area contributed by atoms with E-state index in [1.165, 1.54) is 21.9 Å². The Bertz CT molecular complexity index is 972. The molecule has 3 rings (SSSR count). The largest absolute Gasteiger partial charge is 0.367 e. The maximum Gasteiger partial charge on any atom is 0.158 e. The van der Waals surface area contributed by atoms with Gasteiger partial charge in [-0.2, -0.15) is 0 Å². The van der Waals surface area contributed by atoms with Crippen molar-refractivity contribution >= 4 is 30.2 Å². The Morgan fingerprint density at radius 2 is 1.39 bits per heavy atom. The van der Waals surface area contributed by atoms with E-state index in [0.717, 1.165) is 5.20 Å². The van der Waals surface area contributed by atoms with E-state index < -0.39 is 13.7 Å². The van der Waals surface area contributed by atoms with E-state index in [1.54, 1.807) is 0 Å². The van der Waals surface area contributed by atoms with E-state index in [-0.39, 0.29) is 6.10 Å². The third-order valence-corrected chi connectivity index (χ3v) is 14.5. The number of rotatable bonds is 7. The minimum Gasteiger partial charge on any atom is -0.367 e. The Labute approximate surface area is 190 Å². The molecule has 0 aliphatic heterocycles. The molecule has 0 unspecified atom stereocenters. The van der Waals surface area contributed by atoms with Gasteiger partial charge in [0.05, 0.1) is 19.8 Å². The molecule has 2 aromatic carbocycles. The SMILES string of the molecule is CC(C)O[C@@]1(C)CC(=O)C([Si](C(C)C)(C(C)C)C(C)C)=C1c1cccc2ccccc12. The van der Waals surface area contributed by atoms with Gasteiger partial charge in [0.25, 0.3) is 0 Å². The maximum absolute atomic E-state index is 13.9. The number of allylic oxidation sites excluding steroid dienone is 1. The van der Waals surface area contributed by atoms with Crippen molar-refractivity contribution in [3.8, 4) is 0 Å². The van der Waals surface area contributed by atoms with Crippen LogP contribution < -0.4 is 0 Å². The van der Waals surface area contributed by atoms with Gasteiger partial charge < -0.3 is 4.74 Å². The molecule has 31 heavy (non-hydrogen) atoms. The average Bonchev–Trinajstić information content (AvgIpc) is 2.90. The molecule has 2 nitrogen and oxygen atoms in total. The molecule has 0 amide bonds. The number of ether oxygens (including phenoxy) is 1. The second-order valence-electron chi connectivity index (χ2n) is 10.7. The van der Waals surface area contributed by atoms with Crippen molar-refractivity contribution in [2.24, 2.45) is 0 Å². The number of fused-ring (bicyclic) bond motifs is 1. The van der Waals surface area contributed by atoms with Crippen molar-refractivity contribution in [2.45, 2.75) is 97.1 Å². The molecule has 3 heteroatoms. The van der Waals surface area contributed by atoms with Crippen molar-refractivity contribution in [1.82, 2.24) is 0 Å². The van der Waals surface area contributed by atoms with Crippen molar-refractivity contribution < 1.29 is 9.53 Å². The standard InChI is InChI=1S/C28H40O2Si/c1-18(2)30-28(9)17-25(29)27(31(19(3)4,20(5)6)21(7)8)26(28)24-16-12-14-22-13-10-11-15-23(22)24/h10-16,18-21H,17H2,1-9H3/t28-/m0/s1. The van der Waals surface area contributed by atoms with Gasteiger partial charge in [-0.15, -0.1) is 0 Å². The first-order valence-electron chi connectivity index (χ1n) is 11.9. The molecule has 0 fully saturated rings. The van der Waals surface area contributed by atoms with Crippen molar-refractivity contribution in [2.75, 3.05) is 0 Å². The van der Waals surface area contributed by atoms with Gasteiger partial charge >= 0.3 is 0 Å². The highest BCUT2D eigenvalue weighted by molar-refractivity contribution is 6.94. The van der Waals surface area contributed by atoms with Gasteiger partial charge in [0.1, 0.15) is 0 Å². The summed E-state index contributed by atoms with van der Waals surface area (Å²) in [4.78, 5) is 13.9. The van der Waals surface area contributed by atoms with E-state index in [4.69, 9.17) is 4.74 Å². The van der Waals surface area contributed by atoms with E-state index >= 15 is 0 Å². The van der Waals surface area contributed by atoms with Crippen LogP contribution in [-0.2, 0) is 9.53 Å². The van der Waals surface area contributed by atoms with Gasteiger partial charge in [-0.05, 0) is 64.5 Å². The highest BCUT2D eigenvalue weighted by Gasteiger charge is 2.56. The fourth-order valence-electron chi connectivity index (χ4n) is 6.69. The second kappa shape index (κ2) is 8.67. The predicted molar refractivity (Wildman–Crippen MR) is 136 cm³/mol. The Morgan fingerprint density at radius 3 is 1.94 bits per heavy atom. The third kappa shape index (κ3) is 3.85. The first-order chi connectivity index (χ1) is 14.5. The summed E-state index contributed by atoms with van der Waals surface area (Å²) in [5.74, 6) is 0.314. The predicted octanol–water partition coefficient (Wildman–Crippen LogP) is 7.97. The molecule has 0 heterocycles. The molecule has 0 saturated heterocycles. The van der Waals surface area contributed by atoms with Crippen LogP contribution in [0.3, 0.4) is 0 Å². The van der Waals surface area contributed by atoms with Gasteiger partial charge in [0.2, 0.25) is 0 Å². The Hall–Kier alpha value is -1.71. The lowest BCUT2D eigenvalue weighted by Crippen LogP contribution is -2.48. The highest BCUT2D eigenvalue weighted by atomic mass is 28.3. The van der Waals surface area contributed by atoms with Crippen molar-refractivity contribution in [3.63, 3.8) is 0 Å². The van der Waals surface area contributed by atoms with Crippen LogP contribution in [0.15, 0.2) is 47.7 Å². The lowest BCUT2D eigenvalue weighted by atomic mass is 9.88. The first-order valence-corrected chi connectivity index (χ1v) is 14.1. The lowest BCUT2D eigenvalue weighted by Gasteiger charge is -2.45. The summed E-state index contributed by atoms with van der Waals surface area (Å²) in [5, 5.41) is 3.57. The Kier molecular flexibility index (Phi) is 6.70. The number of carbonyl (C=O) groups is 1. The molecule has 0 N–H and O–H groups in total. The zero-order valence-electron chi connectivity index (χ0n) is 20.9. The lowest BCUT2D eigenvalue weighted by molar-refractivity contribution is -0.118. The van der Waals surface area contributed by atoms with Gasteiger partial charge in [-0.3, -0.25) is 4.79 Å². The van der Waals surface area contributed by atoms with Crippen LogP contribution in [0, 0.1) is 0 Å². The summed E-state index contributed by atoms with van der Waals surface area (Å²) in [5.41, 5.74) is 3.17. The number of carbonyl (C=O) groups excluding carboxylic acids is 1. The minimum atomic E-state index is -2.18. The quantitative estimate of drug-likeness (QED) is 0.411. The second-order valence-corrected chi connectivity index (χ2v) is 16.5. The van der Waals surface area contributed by atoms with Crippen LogP contribution in [0.25, 0.3) is 16.3 Å². The summed E-state index contributed by atoms with van der Waals surface area (Å²) in [6.07, 6.45) is 0.496. The van der Waals surface area contributed by atoms with Crippen LogP contribution in [0.2, 0.25) is 16.6 Å². The van der Waals surface area contributed by atoms with E-state index in [0.29, 0.717) is 28.8 Å². The molecular weight excluding hydrogens is 396 g/mol. The van der Waals surface area contributed by atoms with Crippen molar-refractivity contribution in [1.29, 1.82) is 0 Å². The molecular formula is C28H40O2Si. The molecule has 2 aromatic rings. The molecule has 1 aliphatic carbocycles. The first kappa shape index (κ1) is 23.9. The normalized spacial score (nSPS) is 20.4. The zero-order valence-corrected chi connectivity index (χ0v) is 21.9. The topological polar surface area (TPSA) is 26.3 Å². The number of Topliss-reactive ketones (excluding diaryl/α,β-unsaturated/α-hetero) is 1. The van der Waals surface area contributed by atoms with Crippen LogP contribution in [0.1, 0.15) is 74.3 Å². The minimum absolute atomic E-state index is 0.0512. The van der Waals surface area contributed by atoms with E-state index in [9.17, 15) is 4.79 Å². The number of hydrogen-bond donors (Lipinski definition) is 0. The number of hydrogen-bond acceptors (Lipinski definition) is 2. The van der Waals surface area contributed by atoms with E-state index in [1.807, 2.05) is 0 Å². The average molecular weight is 437 g/mol. The van der Waals surface area contributed by atoms with Crippen LogP contribution in [0.4, 0.5) is 0 Å². The smallest absolute Gasteiger partial charge is 0.158 e. The van der Waals surface area contributed by atoms with Crippen LogP contribution in [-0.4, -0.2) is 25.6 Å². The van der Waals surface area contributed by atoms with Crippen molar-refractivity contribution in [3.05, 3.63) is 53.2 Å². The fraction of sp³-hybridized carbons (Fsp3) is 0.536. The summed E-state index contributed by atoms with van der Waals surface area (Å²) in [7, 11) is -2.18. The number of ketones is 1. The van der Waals surface area contributed by atoms with Gasteiger partial charge in [0, 0.05) is 6.42 Å².